The first-order valence-electron chi connectivity index (χ1n) is 8.11. The highest BCUT2D eigenvalue weighted by molar-refractivity contribution is 9.10. The van der Waals surface area contributed by atoms with Crippen molar-refractivity contribution in [3.8, 4) is 0 Å². The number of fused-ring (bicyclic) bond motifs is 4. The Bertz CT molecular complexity index is 850. The van der Waals surface area contributed by atoms with Crippen LogP contribution in [0.1, 0.15) is 18.0 Å². The minimum atomic E-state index is 0.116. The molecule has 1 saturated heterocycles. The molecule has 1 fully saturated rings. The van der Waals surface area contributed by atoms with E-state index >= 15 is 0 Å². The van der Waals surface area contributed by atoms with Gasteiger partial charge >= 0.3 is 0 Å². The van der Waals surface area contributed by atoms with Crippen molar-refractivity contribution in [3.05, 3.63) is 63.0 Å². The van der Waals surface area contributed by atoms with E-state index in [4.69, 9.17) is 12.2 Å². The summed E-state index contributed by atoms with van der Waals surface area (Å²) in [5.74, 6) is 0.840. The molecule has 4 rings (SSSR count). The predicted octanol–water partition coefficient (Wildman–Crippen LogP) is 3.43. The smallest absolute Gasteiger partial charge is 0.250 e. The zero-order valence-electron chi connectivity index (χ0n) is 13.1. The number of pyridine rings is 1. The van der Waals surface area contributed by atoms with Crippen molar-refractivity contribution in [1.82, 2.24) is 9.47 Å². The van der Waals surface area contributed by atoms with E-state index in [0.717, 1.165) is 47.0 Å². The summed E-state index contributed by atoms with van der Waals surface area (Å²) in [5, 5.41) is 4.09. The van der Waals surface area contributed by atoms with Gasteiger partial charge in [-0.05, 0) is 48.8 Å². The highest BCUT2D eigenvalue weighted by Gasteiger charge is 2.35. The molecule has 0 unspecified atom stereocenters. The van der Waals surface area contributed by atoms with Crippen LogP contribution in [-0.4, -0.2) is 27.7 Å². The molecule has 0 amide bonds. The van der Waals surface area contributed by atoms with Gasteiger partial charge in [-0.2, -0.15) is 0 Å². The van der Waals surface area contributed by atoms with Gasteiger partial charge in [0.25, 0.3) is 5.56 Å². The van der Waals surface area contributed by atoms with Crippen molar-refractivity contribution in [2.24, 2.45) is 5.92 Å². The molecular formula is C18H18BrN3OS. The molecule has 24 heavy (non-hydrogen) atoms. The van der Waals surface area contributed by atoms with Crippen LogP contribution in [0.15, 0.2) is 51.7 Å². The molecule has 2 bridgehead atoms. The first-order chi connectivity index (χ1) is 11.6. The van der Waals surface area contributed by atoms with Gasteiger partial charge in [0.05, 0.1) is 0 Å². The van der Waals surface area contributed by atoms with Crippen LogP contribution in [0.25, 0.3) is 0 Å². The molecule has 3 heterocycles. The lowest BCUT2D eigenvalue weighted by atomic mass is 9.83. The lowest BCUT2D eigenvalue weighted by Crippen LogP contribution is -2.50. The summed E-state index contributed by atoms with van der Waals surface area (Å²) in [4.78, 5) is 14.3. The van der Waals surface area contributed by atoms with Gasteiger partial charge in [-0.15, -0.1) is 0 Å². The van der Waals surface area contributed by atoms with E-state index in [9.17, 15) is 4.79 Å². The molecule has 0 saturated carbocycles. The summed E-state index contributed by atoms with van der Waals surface area (Å²) in [6, 6.07) is 13.6. The fraction of sp³-hybridized carbons (Fsp3) is 0.333. The van der Waals surface area contributed by atoms with Crippen molar-refractivity contribution in [2.45, 2.75) is 18.9 Å². The SMILES string of the molecule is O=c1cccc2n1C[C@@H]1C[C@H]2CN(C(=S)Nc2cccc(Br)c2)C1. The van der Waals surface area contributed by atoms with Gasteiger partial charge < -0.3 is 14.8 Å². The topological polar surface area (TPSA) is 37.3 Å². The van der Waals surface area contributed by atoms with Crippen LogP contribution in [0, 0.1) is 5.92 Å². The van der Waals surface area contributed by atoms with Gasteiger partial charge in [-0.1, -0.05) is 28.1 Å². The molecule has 2 aromatic rings. The molecule has 1 aromatic heterocycles. The minimum absolute atomic E-state index is 0.116. The fourth-order valence-electron chi connectivity index (χ4n) is 3.83. The first kappa shape index (κ1) is 15.8. The van der Waals surface area contributed by atoms with Gasteiger partial charge in [-0.25, -0.2) is 0 Å². The predicted molar refractivity (Wildman–Crippen MR) is 103 cm³/mol. The Morgan fingerprint density at radius 1 is 1.17 bits per heavy atom. The quantitative estimate of drug-likeness (QED) is 0.740. The van der Waals surface area contributed by atoms with Crippen LogP contribution in [0.2, 0.25) is 0 Å². The number of aromatic nitrogens is 1. The number of nitrogens with one attached hydrogen (secondary N) is 1. The average molecular weight is 404 g/mol. The summed E-state index contributed by atoms with van der Waals surface area (Å²) < 4.78 is 2.97. The van der Waals surface area contributed by atoms with Crippen molar-refractivity contribution in [3.63, 3.8) is 0 Å². The molecular weight excluding hydrogens is 386 g/mol. The van der Waals surface area contributed by atoms with Gasteiger partial charge in [0.1, 0.15) is 0 Å². The summed E-state index contributed by atoms with van der Waals surface area (Å²) in [7, 11) is 0. The Kier molecular flexibility index (Phi) is 4.18. The number of anilines is 1. The van der Waals surface area contributed by atoms with Gasteiger partial charge in [0.2, 0.25) is 0 Å². The Morgan fingerprint density at radius 2 is 2.00 bits per heavy atom. The van der Waals surface area contributed by atoms with Crippen molar-refractivity contribution >= 4 is 38.9 Å². The summed E-state index contributed by atoms with van der Waals surface area (Å²) in [5.41, 5.74) is 2.25. The number of rotatable bonds is 1. The summed E-state index contributed by atoms with van der Waals surface area (Å²) in [6.45, 7) is 2.55. The van der Waals surface area contributed by atoms with Gasteiger partial charge in [-0.3, -0.25) is 4.79 Å². The lowest BCUT2D eigenvalue weighted by Gasteiger charge is -2.43. The van der Waals surface area contributed by atoms with Crippen LogP contribution in [0.3, 0.4) is 0 Å². The summed E-state index contributed by atoms with van der Waals surface area (Å²) in [6.07, 6.45) is 1.14. The molecule has 2 aliphatic rings. The third-order valence-corrected chi connectivity index (χ3v) is 5.70. The van der Waals surface area contributed by atoms with Gasteiger partial charge in [0, 0.05) is 47.5 Å². The zero-order chi connectivity index (χ0) is 16.7. The van der Waals surface area contributed by atoms with Crippen LogP contribution >= 0.6 is 28.1 Å². The van der Waals surface area contributed by atoms with E-state index in [1.807, 2.05) is 34.9 Å². The maximum Gasteiger partial charge on any atom is 0.250 e. The fourth-order valence-corrected chi connectivity index (χ4v) is 4.50. The molecule has 0 radical (unpaired) electrons. The monoisotopic (exact) mass is 403 g/mol. The van der Waals surface area contributed by atoms with E-state index in [1.54, 1.807) is 6.07 Å². The third-order valence-electron chi connectivity index (χ3n) is 4.84. The van der Waals surface area contributed by atoms with E-state index in [1.165, 1.54) is 0 Å². The van der Waals surface area contributed by atoms with Crippen molar-refractivity contribution < 1.29 is 0 Å². The number of likely N-dealkylation sites (tertiary alicyclic amines) is 1. The minimum Gasteiger partial charge on any atom is -0.348 e. The largest absolute Gasteiger partial charge is 0.348 e. The highest BCUT2D eigenvalue weighted by atomic mass is 79.9. The Labute approximate surface area is 154 Å². The zero-order valence-corrected chi connectivity index (χ0v) is 15.5. The number of benzene rings is 1. The van der Waals surface area contributed by atoms with Crippen LogP contribution in [-0.2, 0) is 6.54 Å². The molecule has 1 N–H and O–H groups in total. The number of piperidine rings is 1. The number of thiocarbonyl (C=S) groups is 1. The number of halogens is 1. The number of hydrogen-bond donors (Lipinski definition) is 1. The summed E-state index contributed by atoms with van der Waals surface area (Å²) >= 11 is 9.12. The van der Waals surface area contributed by atoms with Crippen LogP contribution < -0.4 is 10.9 Å². The Hall–Kier alpha value is -1.66. The molecule has 6 heteroatoms. The van der Waals surface area contributed by atoms with E-state index in [-0.39, 0.29) is 5.56 Å². The van der Waals surface area contributed by atoms with Crippen molar-refractivity contribution in [2.75, 3.05) is 18.4 Å². The second kappa shape index (κ2) is 6.33. The second-order valence-electron chi connectivity index (χ2n) is 6.54. The van der Waals surface area contributed by atoms with Crippen LogP contribution in [0.5, 0.6) is 0 Å². The Balaban J connectivity index is 1.53. The molecule has 4 nitrogen and oxygen atoms in total. The standard InChI is InChI=1S/C18H18BrN3OS/c19-14-3-1-4-15(8-14)20-18(24)21-9-12-7-13(11-21)16-5-2-6-17(23)22(16)10-12/h1-6,8,12-13H,7,9-11H2,(H,20,24)/t12-,13+/m1/s1. The highest BCUT2D eigenvalue weighted by Crippen LogP contribution is 2.35. The first-order valence-corrected chi connectivity index (χ1v) is 9.31. The lowest BCUT2D eigenvalue weighted by molar-refractivity contribution is 0.180. The molecule has 1 aromatic carbocycles. The Morgan fingerprint density at radius 3 is 2.83 bits per heavy atom. The second-order valence-corrected chi connectivity index (χ2v) is 7.85. The molecule has 0 spiro atoms. The maximum absolute atomic E-state index is 12.1. The molecule has 0 aliphatic carbocycles. The average Bonchev–Trinajstić information content (AvgIpc) is 2.56. The van der Waals surface area contributed by atoms with Crippen molar-refractivity contribution in [1.29, 1.82) is 0 Å². The molecule has 124 valence electrons. The molecule has 2 aliphatic heterocycles. The van der Waals surface area contributed by atoms with E-state index in [2.05, 4.69) is 32.2 Å². The normalized spacial score (nSPS) is 22.0. The molecule has 2 atom stereocenters. The maximum atomic E-state index is 12.1. The van der Waals surface area contributed by atoms with E-state index < -0.39 is 0 Å². The number of nitrogens with zero attached hydrogens (tertiary/aromatic N) is 2. The van der Waals surface area contributed by atoms with Gasteiger partial charge in [0.15, 0.2) is 5.11 Å². The van der Waals surface area contributed by atoms with E-state index in [0.29, 0.717) is 11.8 Å². The number of hydrogen-bond acceptors (Lipinski definition) is 2. The van der Waals surface area contributed by atoms with Crippen LogP contribution in [0.4, 0.5) is 5.69 Å². The third kappa shape index (κ3) is 3.00.